The first kappa shape index (κ1) is 23.2. The molecule has 0 aliphatic heterocycles. The molecule has 1 fully saturated rings. The molecular formula is C22H34N2O5. The SMILES string of the molecule is COCCN(CC(=O)N[C@@H]1CCC[C@H]1OCc1ccccc1)C(=O)OC(C)(C)C. The molecule has 7 nitrogen and oxygen atoms in total. The first-order valence-corrected chi connectivity index (χ1v) is 10.2. The van der Waals surface area contributed by atoms with Crippen molar-refractivity contribution in [3.8, 4) is 0 Å². The molecule has 0 spiro atoms. The van der Waals surface area contributed by atoms with Gasteiger partial charge >= 0.3 is 6.09 Å². The zero-order valence-electron chi connectivity index (χ0n) is 18.0. The fraction of sp³-hybridized carbons (Fsp3) is 0.636. The van der Waals surface area contributed by atoms with E-state index < -0.39 is 11.7 Å². The summed E-state index contributed by atoms with van der Waals surface area (Å²) in [4.78, 5) is 26.4. The Morgan fingerprint density at radius 3 is 2.55 bits per heavy atom. The molecule has 0 radical (unpaired) electrons. The summed E-state index contributed by atoms with van der Waals surface area (Å²) in [5, 5.41) is 3.04. The van der Waals surface area contributed by atoms with Crippen molar-refractivity contribution in [2.45, 2.75) is 64.4 Å². The molecule has 0 saturated heterocycles. The molecule has 2 amide bonds. The second kappa shape index (κ2) is 11.2. The van der Waals surface area contributed by atoms with Gasteiger partial charge in [-0.1, -0.05) is 30.3 Å². The first-order chi connectivity index (χ1) is 13.8. The fourth-order valence-electron chi connectivity index (χ4n) is 3.26. The maximum Gasteiger partial charge on any atom is 0.410 e. The predicted molar refractivity (Wildman–Crippen MR) is 110 cm³/mol. The summed E-state index contributed by atoms with van der Waals surface area (Å²) in [7, 11) is 1.56. The standard InChI is InChI=1S/C22H34N2O5/c1-22(2,3)29-21(26)24(13-14-27-4)15-20(25)23-18-11-8-12-19(18)28-16-17-9-6-5-7-10-17/h5-7,9-10,18-19H,8,11-16H2,1-4H3,(H,23,25)/t18-,19-/m1/s1. The number of ether oxygens (including phenoxy) is 3. The van der Waals surface area contributed by atoms with Gasteiger partial charge in [0.15, 0.2) is 0 Å². The van der Waals surface area contributed by atoms with Crippen molar-refractivity contribution in [2.75, 3.05) is 26.8 Å². The zero-order chi connectivity index (χ0) is 21.3. The molecular weight excluding hydrogens is 372 g/mol. The van der Waals surface area contributed by atoms with Gasteiger partial charge < -0.3 is 19.5 Å². The molecule has 162 valence electrons. The highest BCUT2D eigenvalue weighted by Crippen LogP contribution is 2.23. The van der Waals surface area contributed by atoms with Crippen molar-refractivity contribution < 1.29 is 23.8 Å². The molecule has 0 aromatic heterocycles. The lowest BCUT2D eigenvalue weighted by atomic mass is 10.2. The Morgan fingerprint density at radius 1 is 1.17 bits per heavy atom. The number of hydrogen-bond acceptors (Lipinski definition) is 5. The second-order valence-electron chi connectivity index (χ2n) is 8.33. The van der Waals surface area contributed by atoms with Crippen LogP contribution in [0.15, 0.2) is 30.3 Å². The van der Waals surface area contributed by atoms with Crippen LogP contribution in [0.3, 0.4) is 0 Å². The molecule has 0 heterocycles. The van der Waals surface area contributed by atoms with Gasteiger partial charge in [0.1, 0.15) is 12.1 Å². The highest BCUT2D eigenvalue weighted by atomic mass is 16.6. The van der Waals surface area contributed by atoms with E-state index in [1.54, 1.807) is 27.9 Å². The first-order valence-electron chi connectivity index (χ1n) is 10.2. The number of benzene rings is 1. The third-order valence-corrected chi connectivity index (χ3v) is 4.66. The summed E-state index contributed by atoms with van der Waals surface area (Å²) in [5.41, 5.74) is 0.487. The average molecular weight is 407 g/mol. The number of methoxy groups -OCH3 is 1. The van der Waals surface area contributed by atoms with Crippen LogP contribution in [-0.2, 0) is 25.6 Å². The van der Waals surface area contributed by atoms with Gasteiger partial charge in [-0.2, -0.15) is 0 Å². The van der Waals surface area contributed by atoms with Gasteiger partial charge in [-0.05, 0) is 45.6 Å². The van der Waals surface area contributed by atoms with E-state index in [-0.39, 0.29) is 31.1 Å². The van der Waals surface area contributed by atoms with E-state index in [9.17, 15) is 9.59 Å². The minimum Gasteiger partial charge on any atom is -0.444 e. The van der Waals surface area contributed by atoms with Crippen LogP contribution in [0.4, 0.5) is 4.79 Å². The normalized spacial score (nSPS) is 19.0. The topological polar surface area (TPSA) is 77.1 Å². The molecule has 0 bridgehead atoms. The number of hydrogen-bond donors (Lipinski definition) is 1. The summed E-state index contributed by atoms with van der Waals surface area (Å²) >= 11 is 0. The minimum atomic E-state index is -0.624. The van der Waals surface area contributed by atoms with Crippen LogP contribution in [0.2, 0.25) is 0 Å². The smallest absolute Gasteiger partial charge is 0.410 e. The third kappa shape index (κ3) is 8.41. The summed E-state index contributed by atoms with van der Waals surface area (Å²) in [5.74, 6) is -0.216. The van der Waals surface area contributed by atoms with Crippen LogP contribution in [0.1, 0.15) is 45.6 Å². The zero-order valence-corrected chi connectivity index (χ0v) is 18.0. The molecule has 1 N–H and O–H groups in total. The summed E-state index contributed by atoms with van der Waals surface area (Å²) in [6, 6.07) is 9.94. The molecule has 1 aliphatic rings. The van der Waals surface area contributed by atoms with Gasteiger partial charge in [0.05, 0.1) is 25.4 Å². The Balaban J connectivity index is 1.87. The van der Waals surface area contributed by atoms with Gasteiger partial charge in [-0.15, -0.1) is 0 Å². The van der Waals surface area contributed by atoms with Crippen molar-refractivity contribution in [2.24, 2.45) is 0 Å². The molecule has 0 unspecified atom stereocenters. The van der Waals surface area contributed by atoms with Crippen LogP contribution < -0.4 is 5.32 Å². The molecule has 1 aromatic rings. The molecule has 7 heteroatoms. The predicted octanol–water partition coefficient (Wildman–Crippen LogP) is 3.12. The largest absolute Gasteiger partial charge is 0.444 e. The van der Waals surface area contributed by atoms with Gasteiger partial charge in [0.2, 0.25) is 5.91 Å². The maximum atomic E-state index is 12.6. The van der Waals surface area contributed by atoms with Gasteiger partial charge in [-0.3, -0.25) is 9.69 Å². The maximum absolute atomic E-state index is 12.6. The Bertz CT molecular complexity index is 644. The van der Waals surface area contributed by atoms with Gasteiger partial charge in [-0.25, -0.2) is 4.79 Å². The lowest BCUT2D eigenvalue weighted by Gasteiger charge is -2.28. The van der Waals surface area contributed by atoms with Crippen LogP contribution in [0.25, 0.3) is 0 Å². The number of amides is 2. The average Bonchev–Trinajstić information content (AvgIpc) is 3.09. The van der Waals surface area contributed by atoms with Crippen molar-refractivity contribution in [1.29, 1.82) is 0 Å². The highest BCUT2D eigenvalue weighted by Gasteiger charge is 2.31. The minimum absolute atomic E-state index is 0.0203. The lowest BCUT2D eigenvalue weighted by molar-refractivity contribution is -0.124. The molecule has 1 saturated carbocycles. The summed E-state index contributed by atoms with van der Waals surface area (Å²) in [6.45, 7) is 6.47. The van der Waals surface area contributed by atoms with E-state index in [0.717, 1.165) is 24.8 Å². The summed E-state index contributed by atoms with van der Waals surface area (Å²) < 4.78 is 16.5. The Labute approximate surface area is 173 Å². The number of rotatable bonds is 9. The Hall–Kier alpha value is -2.12. The number of nitrogens with zero attached hydrogens (tertiary/aromatic N) is 1. The third-order valence-electron chi connectivity index (χ3n) is 4.66. The van der Waals surface area contributed by atoms with Crippen molar-refractivity contribution in [3.05, 3.63) is 35.9 Å². The molecule has 1 aromatic carbocycles. The summed E-state index contributed by atoms with van der Waals surface area (Å²) in [6.07, 6.45) is 2.25. The Morgan fingerprint density at radius 2 is 1.90 bits per heavy atom. The van der Waals surface area contributed by atoms with Crippen molar-refractivity contribution >= 4 is 12.0 Å². The van der Waals surface area contributed by atoms with Crippen molar-refractivity contribution in [3.63, 3.8) is 0 Å². The fourth-order valence-corrected chi connectivity index (χ4v) is 3.26. The molecule has 29 heavy (non-hydrogen) atoms. The molecule has 2 atom stereocenters. The number of carbonyl (C=O) groups excluding carboxylic acids is 2. The van der Waals surface area contributed by atoms with E-state index in [0.29, 0.717) is 13.2 Å². The van der Waals surface area contributed by atoms with Gasteiger partial charge in [0.25, 0.3) is 0 Å². The quantitative estimate of drug-likeness (QED) is 0.682. The molecule has 1 aliphatic carbocycles. The number of nitrogens with one attached hydrogen (secondary N) is 1. The molecule has 2 rings (SSSR count). The second-order valence-corrected chi connectivity index (χ2v) is 8.33. The van der Waals surface area contributed by atoms with E-state index in [2.05, 4.69) is 5.32 Å². The van der Waals surface area contributed by atoms with E-state index in [1.165, 1.54) is 4.90 Å². The van der Waals surface area contributed by atoms with E-state index in [4.69, 9.17) is 14.2 Å². The monoisotopic (exact) mass is 406 g/mol. The van der Waals surface area contributed by atoms with E-state index in [1.807, 2.05) is 30.3 Å². The van der Waals surface area contributed by atoms with E-state index >= 15 is 0 Å². The number of carbonyl (C=O) groups is 2. The Kier molecular flexibility index (Phi) is 8.92. The van der Waals surface area contributed by atoms with Crippen LogP contribution in [0, 0.1) is 0 Å². The van der Waals surface area contributed by atoms with Crippen LogP contribution in [0.5, 0.6) is 0 Å². The lowest BCUT2D eigenvalue weighted by Crippen LogP contribution is -2.48. The van der Waals surface area contributed by atoms with Crippen LogP contribution in [-0.4, -0.2) is 61.5 Å². The van der Waals surface area contributed by atoms with Gasteiger partial charge in [0, 0.05) is 13.7 Å². The van der Waals surface area contributed by atoms with Crippen molar-refractivity contribution in [1.82, 2.24) is 10.2 Å². The van der Waals surface area contributed by atoms with Crippen LogP contribution >= 0.6 is 0 Å². The highest BCUT2D eigenvalue weighted by molar-refractivity contribution is 5.82.